The first-order chi connectivity index (χ1) is 5.60. The van der Waals surface area contributed by atoms with E-state index >= 15 is 0 Å². The fraction of sp³-hybridized carbons (Fsp3) is 0.556. The largest absolute Gasteiger partial charge is 0.390 e. The van der Waals surface area contributed by atoms with Crippen LogP contribution in [0.1, 0.15) is 12.8 Å². The lowest BCUT2D eigenvalue weighted by atomic mass is 9.87. The number of aliphatic hydroxyl groups excluding tert-OH is 1. The van der Waals surface area contributed by atoms with E-state index in [1.807, 2.05) is 0 Å². The monoisotopic (exact) mass is 189 g/mol. The minimum Gasteiger partial charge on any atom is -0.390 e. The third-order valence-electron chi connectivity index (χ3n) is 1.86. The molecule has 0 aromatic heterocycles. The number of hydrogen-bond donors (Lipinski definition) is 2. The highest BCUT2D eigenvalue weighted by molar-refractivity contribution is 6.18. The van der Waals surface area contributed by atoms with Gasteiger partial charge in [0, 0.05) is 5.54 Å². The fourth-order valence-corrected chi connectivity index (χ4v) is 1.35. The predicted molar refractivity (Wildman–Crippen MR) is 53.3 cm³/mol. The summed E-state index contributed by atoms with van der Waals surface area (Å²) in [7, 11) is 0. The molecular formula is C9H16ClNO. The first kappa shape index (κ1) is 11.7. The van der Waals surface area contributed by atoms with Crippen molar-refractivity contribution in [2.45, 2.75) is 24.5 Å². The average Bonchev–Trinajstić information content (AvgIpc) is 2.04. The molecule has 3 N–H and O–H groups in total. The van der Waals surface area contributed by atoms with Gasteiger partial charge in [0.25, 0.3) is 0 Å². The van der Waals surface area contributed by atoms with Crippen molar-refractivity contribution in [3.05, 3.63) is 25.3 Å². The minimum atomic E-state index is -0.713. The van der Waals surface area contributed by atoms with Crippen LogP contribution in [0.5, 0.6) is 0 Å². The Labute approximate surface area is 78.7 Å². The van der Waals surface area contributed by atoms with Crippen LogP contribution in [0, 0.1) is 0 Å². The normalized spacial score (nSPS) is 13.9. The predicted octanol–water partition coefficient (Wildman–Crippen LogP) is 1.44. The summed E-state index contributed by atoms with van der Waals surface area (Å²) in [6.45, 7) is 7.15. The highest BCUT2D eigenvalue weighted by Gasteiger charge is 2.30. The van der Waals surface area contributed by atoms with E-state index < -0.39 is 11.6 Å². The van der Waals surface area contributed by atoms with Crippen molar-refractivity contribution in [2.75, 3.05) is 5.88 Å². The second-order valence-corrected chi connectivity index (χ2v) is 3.20. The average molecular weight is 190 g/mol. The number of alkyl halides is 1. The Hall–Kier alpha value is -0.310. The maximum absolute atomic E-state index is 9.49. The SMILES string of the molecule is C=CCC(N)(CC=C)C(O)CCl. The summed E-state index contributed by atoms with van der Waals surface area (Å²) in [5.74, 6) is 0.137. The zero-order valence-corrected chi connectivity index (χ0v) is 7.93. The Balaban J connectivity index is 4.34. The molecule has 0 rings (SSSR count). The zero-order valence-electron chi connectivity index (χ0n) is 7.17. The molecule has 0 saturated carbocycles. The summed E-state index contributed by atoms with van der Waals surface area (Å²) in [4.78, 5) is 0. The first-order valence-corrected chi connectivity index (χ1v) is 4.39. The lowest BCUT2D eigenvalue weighted by Gasteiger charge is -2.31. The van der Waals surface area contributed by atoms with Gasteiger partial charge in [0.15, 0.2) is 0 Å². The van der Waals surface area contributed by atoms with Gasteiger partial charge >= 0.3 is 0 Å². The maximum atomic E-state index is 9.49. The molecule has 0 aliphatic carbocycles. The van der Waals surface area contributed by atoms with Crippen molar-refractivity contribution >= 4 is 11.6 Å². The molecule has 0 aliphatic heterocycles. The van der Waals surface area contributed by atoms with E-state index in [0.717, 1.165) is 0 Å². The van der Waals surface area contributed by atoms with Crippen molar-refractivity contribution in [2.24, 2.45) is 5.73 Å². The molecule has 12 heavy (non-hydrogen) atoms. The van der Waals surface area contributed by atoms with Crippen LogP contribution in [0.3, 0.4) is 0 Å². The van der Waals surface area contributed by atoms with Gasteiger partial charge < -0.3 is 10.8 Å². The van der Waals surface area contributed by atoms with Crippen LogP contribution >= 0.6 is 11.6 Å². The molecule has 0 aliphatic rings. The van der Waals surface area contributed by atoms with Crippen LogP contribution in [0.15, 0.2) is 25.3 Å². The molecule has 0 aromatic rings. The molecule has 0 saturated heterocycles. The molecule has 0 heterocycles. The summed E-state index contributed by atoms with van der Waals surface area (Å²) in [5.41, 5.74) is 5.19. The highest BCUT2D eigenvalue weighted by Crippen LogP contribution is 2.19. The van der Waals surface area contributed by atoms with E-state index in [9.17, 15) is 5.11 Å². The van der Waals surface area contributed by atoms with Gasteiger partial charge in [0.05, 0.1) is 12.0 Å². The molecule has 3 heteroatoms. The van der Waals surface area contributed by atoms with Gasteiger partial charge in [-0.15, -0.1) is 24.8 Å². The summed E-state index contributed by atoms with van der Waals surface area (Å²) in [5, 5.41) is 9.49. The standard InChI is InChI=1S/C9H16ClNO/c1-3-5-9(11,6-4-2)8(12)7-10/h3-4,8,12H,1-2,5-7,11H2. The summed E-state index contributed by atoms with van der Waals surface area (Å²) in [6, 6.07) is 0. The van der Waals surface area contributed by atoms with E-state index in [0.29, 0.717) is 12.8 Å². The van der Waals surface area contributed by atoms with E-state index in [-0.39, 0.29) is 5.88 Å². The Morgan fingerprint density at radius 3 is 2.08 bits per heavy atom. The molecule has 0 fully saturated rings. The second kappa shape index (κ2) is 5.36. The van der Waals surface area contributed by atoms with Crippen molar-refractivity contribution in [1.29, 1.82) is 0 Å². The lowest BCUT2D eigenvalue weighted by molar-refractivity contribution is 0.106. The molecular weight excluding hydrogens is 174 g/mol. The van der Waals surface area contributed by atoms with Gasteiger partial charge in [0.1, 0.15) is 0 Å². The third-order valence-corrected chi connectivity index (χ3v) is 2.15. The van der Waals surface area contributed by atoms with Crippen molar-refractivity contribution < 1.29 is 5.11 Å². The first-order valence-electron chi connectivity index (χ1n) is 3.85. The maximum Gasteiger partial charge on any atom is 0.0860 e. The second-order valence-electron chi connectivity index (χ2n) is 2.89. The van der Waals surface area contributed by atoms with Crippen LogP contribution < -0.4 is 5.73 Å². The highest BCUT2D eigenvalue weighted by atomic mass is 35.5. The van der Waals surface area contributed by atoms with Crippen LogP contribution in [0.25, 0.3) is 0 Å². The van der Waals surface area contributed by atoms with Gasteiger partial charge in [0.2, 0.25) is 0 Å². The minimum absolute atomic E-state index is 0.137. The van der Waals surface area contributed by atoms with Crippen molar-refractivity contribution in [1.82, 2.24) is 0 Å². The summed E-state index contributed by atoms with van der Waals surface area (Å²) >= 11 is 5.51. The van der Waals surface area contributed by atoms with E-state index in [4.69, 9.17) is 17.3 Å². The molecule has 0 bridgehead atoms. The van der Waals surface area contributed by atoms with E-state index in [2.05, 4.69) is 13.2 Å². The van der Waals surface area contributed by atoms with Crippen LogP contribution in [-0.2, 0) is 0 Å². The van der Waals surface area contributed by atoms with Crippen LogP contribution in [-0.4, -0.2) is 22.6 Å². The topological polar surface area (TPSA) is 46.2 Å². The molecule has 0 spiro atoms. The molecule has 0 amide bonds. The molecule has 70 valence electrons. The van der Waals surface area contributed by atoms with E-state index in [1.54, 1.807) is 12.2 Å². The third kappa shape index (κ3) is 2.97. The molecule has 0 aromatic carbocycles. The molecule has 1 unspecified atom stereocenters. The van der Waals surface area contributed by atoms with Crippen LogP contribution in [0.4, 0.5) is 0 Å². The number of halogens is 1. The Bertz CT molecular complexity index is 149. The number of rotatable bonds is 6. The van der Waals surface area contributed by atoms with Crippen molar-refractivity contribution in [3.8, 4) is 0 Å². The van der Waals surface area contributed by atoms with Gasteiger partial charge in [-0.3, -0.25) is 0 Å². The van der Waals surface area contributed by atoms with Gasteiger partial charge in [-0.25, -0.2) is 0 Å². The van der Waals surface area contributed by atoms with Gasteiger partial charge in [-0.05, 0) is 12.8 Å². The summed E-state index contributed by atoms with van der Waals surface area (Å²) < 4.78 is 0. The Kier molecular flexibility index (Phi) is 5.22. The molecule has 1 atom stereocenters. The molecule has 2 nitrogen and oxygen atoms in total. The summed E-state index contributed by atoms with van der Waals surface area (Å²) in [6.07, 6.45) is 3.72. The lowest BCUT2D eigenvalue weighted by Crippen LogP contribution is -2.51. The van der Waals surface area contributed by atoms with E-state index in [1.165, 1.54) is 0 Å². The Morgan fingerprint density at radius 2 is 1.83 bits per heavy atom. The van der Waals surface area contributed by atoms with Gasteiger partial charge in [-0.2, -0.15) is 0 Å². The van der Waals surface area contributed by atoms with Gasteiger partial charge in [-0.1, -0.05) is 12.2 Å². The van der Waals surface area contributed by atoms with Crippen molar-refractivity contribution in [3.63, 3.8) is 0 Å². The Morgan fingerprint density at radius 1 is 1.42 bits per heavy atom. The molecule has 0 radical (unpaired) electrons. The fourth-order valence-electron chi connectivity index (χ4n) is 1.05. The smallest absolute Gasteiger partial charge is 0.0860 e. The number of aliphatic hydroxyl groups is 1. The zero-order chi connectivity index (χ0) is 9.61. The van der Waals surface area contributed by atoms with Crippen LogP contribution in [0.2, 0.25) is 0 Å². The number of hydrogen-bond acceptors (Lipinski definition) is 2. The quantitative estimate of drug-likeness (QED) is 0.491. The number of nitrogens with two attached hydrogens (primary N) is 1.